The number of hydrogen-bond donors (Lipinski definition) is 2. The summed E-state index contributed by atoms with van der Waals surface area (Å²) < 4.78 is 0. The number of aliphatic imine (C=N–C) groups is 1. The summed E-state index contributed by atoms with van der Waals surface area (Å²) in [6.45, 7) is 5.83. The van der Waals surface area contributed by atoms with E-state index in [0.717, 1.165) is 44.1 Å². The minimum Gasteiger partial charge on any atom is -0.356 e. The zero-order valence-electron chi connectivity index (χ0n) is 18.0. The fourth-order valence-corrected chi connectivity index (χ4v) is 4.53. The molecule has 2 N–H and O–H groups in total. The molecule has 2 saturated heterocycles. The number of nitrogens with zero attached hydrogens (tertiary/aromatic N) is 4. The Morgan fingerprint density at radius 3 is 2.74 bits per heavy atom. The highest BCUT2D eigenvalue weighted by molar-refractivity contribution is 6.02. The number of imide groups is 1. The van der Waals surface area contributed by atoms with E-state index in [2.05, 4.69) is 33.7 Å². The number of anilines is 1. The van der Waals surface area contributed by atoms with Gasteiger partial charge in [-0.25, -0.2) is 4.79 Å². The van der Waals surface area contributed by atoms with E-state index in [1.54, 1.807) is 0 Å². The SMILES string of the molecule is CCNC(=NCCN1C(=O)CNC1=O)N1CC(CCN2CCCC2=O)c2ccccc21. The molecule has 2 fully saturated rings. The molecule has 31 heavy (non-hydrogen) atoms. The Bertz CT molecular complexity index is 870. The molecule has 3 heterocycles. The quantitative estimate of drug-likeness (QED) is 0.387. The van der Waals surface area contributed by atoms with Crippen LogP contribution in [0.2, 0.25) is 0 Å². The van der Waals surface area contributed by atoms with E-state index >= 15 is 0 Å². The number of fused-ring (bicyclic) bond motifs is 1. The zero-order valence-corrected chi connectivity index (χ0v) is 18.0. The van der Waals surface area contributed by atoms with Crippen LogP contribution in [0.25, 0.3) is 0 Å². The highest BCUT2D eigenvalue weighted by atomic mass is 16.2. The summed E-state index contributed by atoms with van der Waals surface area (Å²) in [6.07, 6.45) is 2.55. The van der Waals surface area contributed by atoms with Gasteiger partial charge in [0, 0.05) is 44.2 Å². The molecule has 0 aliphatic carbocycles. The molecule has 166 valence electrons. The predicted octanol–water partition coefficient (Wildman–Crippen LogP) is 1.12. The highest BCUT2D eigenvalue weighted by Crippen LogP contribution is 2.38. The van der Waals surface area contributed by atoms with Gasteiger partial charge in [0.15, 0.2) is 5.96 Å². The Morgan fingerprint density at radius 1 is 1.19 bits per heavy atom. The largest absolute Gasteiger partial charge is 0.356 e. The lowest BCUT2D eigenvalue weighted by atomic mass is 9.98. The first-order chi connectivity index (χ1) is 15.1. The van der Waals surface area contributed by atoms with Crippen molar-refractivity contribution in [2.45, 2.75) is 32.1 Å². The van der Waals surface area contributed by atoms with Gasteiger partial charge in [-0.15, -0.1) is 0 Å². The lowest BCUT2D eigenvalue weighted by Gasteiger charge is -2.23. The molecule has 0 bridgehead atoms. The van der Waals surface area contributed by atoms with Crippen molar-refractivity contribution >= 4 is 29.5 Å². The predicted molar refractivity (Wildman–Crippen MR) is 118 cm³/mol. The summed E-state index contributed by atoms with van der Waals surface area (Å²) in [4.78, 5) is 45.6. The molecular formula is C22H30N6O3. The Balaban J connectivity index is 1.45. The summed E-state index contributed by atoms with van der Waals surface area (Å²) in [5.74, 6) is 1.12. The van der Waals surface area contributed by atoms with Crippen LogP contribution < -0.4 is 15.5 Å². The maximum absolute atomic E-state index is 12.0. The average molecular weight is 427 g/mol. The molecular weight excluding hydrogens is 396 g/mol. The number of hydrogen-bond acceptors (Lipinski definition) is 4. The second kappa shape index (κ2) is 9.36. The fraction of sp³-hybridized carbons (Fsp3) is 0.545. The lowest BCUT2D eigenvalue weighted by molar-refractivity contribution is -0.128. The molecule has 1 unspecified atom stereocenters. The van der Waals surface area contributed by atoms with Crippen LogP contribution in [0.3, 0.4) is 0 Å². The van der Waals surface area contributed by atoms with Crippen LogP contribution in [0.5, 0.6) is 0 Å². The monoisotopic (exact) mass is 426 g/mol. The van der Waals surface area contributed by atoms with Crippen molar-refractivity contribution in [2.75, 3.05) is 50.7 Å². The third-order valence-electron chi connectivity index (χ3n) is 6.10. The Hall–Kier alpha value is -3.10. The van der Waals surface area contributed by atoms with Gasteiger partial charge in [-0.2, -0.15) is 0 Å². The first kappa shape index (κ1) is 21.1. The third kappa shape index (κ3) is 4.50. The molecule has 0 aromatic heterocycles. The molecule has 3 aliphatic rings. The van der Waals surface area contributed by atoms with E-state index in [1.807, 2.05) is 17.9 Å². The first-order valence-corrected chi connectivity index (χ1v) is 11.1. The Labute approximate surface area is 182 Å². The molecule has 0 saturated carbocycles. The summed E-state index contributed by atoms with van der Waals surface area (Å²) in [7, 11) is 0. The summed E-state index contributed by atoms with van der Waals surface area (Å²) in [5.41, 5.74) is 2.39. The fourth-order valence-electron chi connectivity index (χ4n) is 4.53. The standard InChI is InChI=1S/C22H30N6O3/c1-2-23-21(24-10-13-27-20(30)14-25-22(27)31)28-15-16(17-6-3-4-7-18(17)28)9-12-26-11-5-8-19(26)29/h3-4,6-7,16H,2,5,8-15H2,1H3,(H,23,24)(H,25,31). The maximum atomic E-state index is 12.0. The number of guanidine groups is 1. The van der Waals surface area contributed by atoms with Crippen LogP contribution in [-0.2, 0) is 9.59 Å². The average Bonchev–Trinajstić information content (AvgIpc) is 3.44. The maximum Gasteiger partial charge on any atom is 0.324 e. The molecule has 9 heteroatoms. The van der Waals surface area contributed by atoms with Crippen molar-refractivity contribution in [1.82, 2.24) is 20.4 Å². The first-order valence-electron chi connectivity index (χ1n) is 11.1. The second-order valence-corrected chi connectivity index (χ2v) is 8.08. The minimum atomic E-state index is -0.353. The van der Waals surface area contributed by atoms with Gasteiger partial charge in [-0.1, -0.05) is 18.2 Å². The number of urea groups is 1. The van der Waals surface area contributed by atoms with Crippen molar-refractivity contribution in [3.63, 3.8) is 0 Å². The molecule has 0 radical (unpaired) electrons. The van der Waals surface area contributed by atoms with Gasteiger partial charge in [-0.3, -0.25) is 19.5 Å². The van der Waals surface area contributed by atoms with Crippen LogP contribution in [0.4, 0.5) is 10.5 Å². The van der Waals surface area contributed by atoms with Gasteiger partial charge in [0.05, 0.1) is 19.6 Å². The number of carbonyl (C=O) groups excluding carboxylic acids is 3. The number of nitrogens with one attached hydrogen (secondary N) is 2. The molecule has 0 spiro atoms. The summed E-state index contributed by atoms with van der Waals surface area (Å²) >= 11 is 0. The van der Waals surface area contributed by atoms with E-state index < -0.39 is 0 Å². The van der Waals surface area contributed by atoms with Gasteiger partial charge in [0.25, 0.3) is 0 Å². The van der Waals surface area contributed by atoms with Gasteiger partial charge in [-0.05, 0) is 31.4 Å². The van der Waals surface area contributed by atoms with Crippen LogP contribution >= 0.6 is 0 Å². The van der Waals surface area contributed by atoms with Crippen molar-refractivity contribution in [2.24, 2.45) is 4.99 Å². The van der Waals surface area contributed by atoms with E-state index in [1.165, 1.54) is 10.5 Å². The molecule has 3 aliphatic heterocycles. The number of benzene rings is 1. The van der Waals surface area contributed by atoms with E-state index in [-0.39, 0.29) is 30.9 Å². The second-order valence-electron chi connectivity index (χ2n) is 8.08. The Kier molecular flexibility index (Phi) is 6.39. The normalized spacial score (nSPS) is 21.2. The van der Waals surface area contributed by atoms with E-state index in [9.17, 15) is 14.4 Å². The Morgan fingerprint density at radius 2 is 2.03 bits per heavy atom. The van der Waals surface area contributed by atoms with Crippen molar-refractivity contribution in [3.05, 3.63) is 29.8 Å². The number of para-hydroxylation sites is 1. The van der Waals surface area contributed by atoms with Crippen LogP contribution in [-0.4, -0.2) is 79.4 Å². The van der Waals surface area contributed by atoms with Crippen molar-refractivity contribution < 1.29 is 14.4 Å². The number of rotatable bonds is 7. The number of amides is 4. The van der Waals surface area contributed by atoms with Crippen molar-refractivity contribution in [1.29, 1.82) is 0 Å². The topological polar surface area (TPSA) is 97.3 Å². The molecule has 1 aromatic rings. The van der Waals surface area contributed by atoms with Crippen LogP contribution in [0.15, 0.2) is 29.3 Å². The summed E-state index contributed by atoms with van der Waals surface area (Å²) in [5, 5.41) is 5.88. The lowest BCUT2D eigenvalue weighted by Crippen LogP contribution is -2.42. The molecule has 4 rings (SSSR count). The molecule has 1 aromatic carbocycles. The van der Waals surface area contributed by atoms with Crippen LogP contribution in [0, 0.1) is 0 Å². The molecule has 1 atom stereocenters. The molecule has 4 amide bonds. The minimum absolute atomic E-state index is 0.0588. The van der Waals surface area contributed by atoms with E-state index in [0.29, 0.717) is 25.4 Å². The van der Waals surface area contributed by atoms with Crippen LogP contribution in [0.1, 0.15) is 37.7 Å². The number of likely N-dealkylation sites (tertiary alicyclic amines) is 1. The van der Waals surface area contributed by atoms with Crippen molar-refractivity contribution in [3.8, 4) is 0 Å². The highest BCUT2D eigenvalue weighted by Gasteiger charge is 2.32. The zero-order chi connectivity index (χ0) is 21.8. The molecule has 9 nitrogen and oxygen atoms in total. The van der Waals surface area contributed by atoms with Gasteiger partial charge in [0.1, 0.15) is 0 Å². The number of carbonyl (C=O) groups is 3. The van der Waals surface area contributed by atoms with Gasteiger partial charge in [0.2, 0.25) is 11.8 Å². The van der Waals surface area contributed by atoms with E-state index in [4.69, 9.17) is 4.99 Å². The van der Waals surface area contributed by atoms with Gasteiger partial charge >= 0.3 is 6.03 Å². The van der Waals surface area contributed by atoms with Gasteiger partial charge < -0.3 is 20.4 Å². The summed E-state index contributed by atoms with van der Waals surface area (Å²) in [6, 6.07) is 7.98. The third-order valence-corrected chi connectivity index (χ3v) is 6.10. The smallest absolute Gasteiger partial charge is 0.324 e.